The Morgan fingerprint density at radius 3 is 2.95 bits per heavy atom. The molecule has 0 saturated carbocycles. The van der Waals surface area contributed by atoms with Crippen LogP contribution in [0.3, 0.4) is 0 Å². The van der Waals surface area contributed by atoms with Crippen LogP contribution in [0.4, 0.5) is 0 Å². The zero-order valence-corrected chi connectivity index (χ0v) is 10.2. The molecule has 1 aliphatic heterocycles. The van der Waals surface area contributed by atoms with Crippen molar-refractivity contribution in [2.45, 2.75) is 19.0 Å². The summed E-state index contributed by atoms with van der Waals surface area (Å²) in [7, 11) is 0. The number of nitrogens with zero attached hydrogens (tertiary/aromatic N) is 1. The summed E-state index contributed by atoms with van der Waals surface area (Å²) in [6.45, 7) is 0.558. The summed E-state index contributed by atoms with van der Waals surface area (Å²) in [5.74, 6) is -1.30. The molecule has 2 heterocycles. The molecule has 1 amide bonds. The van der Waals surface area contributed by atoms with Crippen molar-refractivity contribution in [2.75, 3.05) is 13.2 Å². The molecule has 7 heteroatoms. The van der Waals surface area contributed by atoms with Gasteiger partial charge in [-0.1, -0.05) is 6.07 Å². The molecule has 0 radical (unpaired) electrons. The van der Waals surface area contributed by atoms with Crippen molar-refractivity contribution in [2.24, 2.45) is 0 Å². The van der Waals surface area contributed by atoms with Crippen molar-refractivity contribution in [1.29, 1.82) is 0 Å². The van der Waals surface area contributed by atoms with Crippen molar-refractivity contribution >= 4 is 11.9 Å². The Kier molecular flexibility index (Phi) is 4.08. The van der Waals surface area contributed by atoms with Gasteiger partial charge in [-0.05, 0) is 11.6 Å². The van der Waals surface area contributed by atoms with Crippen LogP contribution in [-0.2, 0) is 17.8 Å². The lowest BCUT2D eigenvalue weighted by molar-refractivity contribution is -0.123. The third-order valence-electron chi connectivity index (χ3n) is 2.95. The van der Waals surface area contributed by atoms with Crippen molar-refractivity contribution in [3.8, 4) is 0 Å². The van der Waals surface area contributed by atoms with Gasteiger partial charge in [-0.3, -0.25) is 4.79 Å². The molecule has 0 saturated heterocycles. The number of aliphatic hydroxyl groups is 1. The molecule has 19 heavy (non-hydrogen) atoms. The SMILES string of the molecule is O=C(O)c1ccc2c(n1)CC(C(=O)NCCO)NC2. The molecule has 0 aromatic carbocycles. The number of fused-ring (bicyclic) bond motifs is 1. The number of aliphatic hydroxyl groups excluding tert-OH is 1. The minimum Gasteiger partial charge on any atom is -0.477 e. The van der Waals surface area contributed by atoms with E-state index in [2.05, 4.69) is 15.6 Å². The highest BCUT2D eigenvalue weighted by molar-refractivity contribution is 5.85. The number of hydrogen-bond donors (Lipinski definition) is 4. The van der Waals surface area contributed by atoms with Gasteiger partial charge >= 0.3 is 5.97 Å². The molecule has 0 bridgehead atoms. The summed E-state index contributed by atoms with van der Waals surface area (Å²) in [6.07, 6.45) is 0.341. The van der Waals surface area contributed by atoms with Gasteiger partial charge in [0.05, 0.1) is 12.6 Å². The fraction of sp³-hybridized carbons (Fsp3) is 0.417. The van der Waals surface area contributed by atoms with E-state index in [0.29, 0.717) is 18.7 Å². The zero-order valence-electron chi connectivity index (χ0n) is 10.2. The fourth-order valence-electron chi connectivity index (χ4n) is 1.97. The first kappa shape index (κ1) is 13.4. The molecular weight excluding hydrogens is 250 g/mol. The summed E-state index contributed by atoms with van der Waals surface area (Å²) >= 11 is 0. The molecule has 1 aromatic heterocycles. The highest BCUT2D eigenvalue weighted by atomic mass is 16.4. The van der Waals surface area contributed by atoms with Gasteiger partial charge in [-0.15, -0.1) is 0 Å². The van der Waals surface area contributed by atoms with Crippen LogP contribution in [-0.4, -0.2) is 46.3 Å². The maximum atomic E-state index is 11.8. The van der Waals surface area contributed by atoms with E-state index < -0.39 is 12.0 Å². The van der Waals surface area contributed by atoms with Crippen molar-refractivity contribution in [3.63, 3.8) is 0 Å². The monoisotopic (exact) mass is 265 g/mol. The van der Waals surface area contributed by atoms with Crippen molar-refractivity contribution in [1.82, 2.24) is 15.6 Å². The molecule has 0 aliphatic carbocycles. The Labute approximate surface area is 109 Å². The number of carboxylic acid groups (broad SMARTS) is 1. The summed E-state index contributed by atoms with van der Waals surface area (Å²) in [4.78, 5) is 26.7. The van der Waals surface area contributed by atoms with Crippen LogP contribution in [0.2, 0.25) is 0 Å². The van der Waals surface area contributed by atoms with Gasteiger partial charge in [0.2, 0.25) is 5.91 Å². The number of carbonyl (C=O) groups excluding carboxylic acids is 1. The second-order valence-electron chi connectivity index (χ2n) is 4.26. The predicted molar refractivity (Wildman–Crippen MR) is 65.6 cm³/mol. The lowest BCUT2D eigenvalue weighted by Crippen LogP contribution is -2.48. The third kappa shape index (κ3) is 3.07. The van der Waals surface area contributed by atoms with E-state index in [0.717, 1.165) is 5.56 Å². The number of carbonyl (C=O) groups is 2. The van der Waals surface area contributed by atoms with Gasteiger partial charge in [0, 0.05) is 25.2 Å². The zero-order chi connectivity index (χ0) is 13.8. The van der Waals surface area contributed by atoms with Crippen LogP contribution in [0, 0.1) is 0 Å². The maximum Gasteiger partial charge on any atom is 0.354 e. The van der Waals surface area contributed by atoms with Crippen LogP contribution < -0.4 is 10.6 Å². The number of carboxylic acids is 1. The number of nitrogens with one attached hydrogen (secondary N) is 2. The number of hydrogen-bond acceptors (Lipinski definition) is 5. The number of pyridine rings is 1. The standard InChI is InChI=1S/C12H15N3O4/c16-4-3-13-11(17)10-5-9-7(6-14-10)1-2-8(15-9)12(18)19/h1-2,10,14,16H,3-6H2,(H,13,17)(H,18,19). The van der Waals surface area contributed by atoms with E-state index in [-0.39, 0.29) is 24.8 Å². The van der Waals surface area contributed by atoms with Gasteiger partial charge in [0.1, 0.15) is 5.69 Å². The van der Waals surface area contributed by atoms with Crippen LogP contribution in [0.25, 0.3) is 0 Å². The number of aromatic nitrogens is 1. The average Bonchev–Trinajstić information content (AvgIpc) is 2.43. The van der Waals surface area contributed by atoms with E-state index in [1.165, 1.54) is 6.07 Å². The average molecular weight is 265 g/mol. The van der Waals surface area contributed by atoms with Gasteiger partial charge in [0.25, 0.3) is 0 Å². The highest BCUT2D eigenvalue weighted by Crippen LogP contribution is 2.15. The molecule has 0 fully saturated rings. The van der Waals surface area contributed by atoms with Crippen LogP contribution in [0.5, 0.6) is 0 Å². The Bertz CT molecular complexity index is 504. The normalized spacial score (nSPS) is 17.6. The van der Waals surface area contributed by atoms with E-state index in [1.807, 2.05) is 0 Å². The van der Waals surface area contributed by atoms with Gasteiger partial charge in [0.15, 0.2) is 0 Å². The Balaban J connectivity index is 2.11. The van der Waals surface area contributed by atoms with E-state index in [9.17, 15) is 9.59 Å². The smallest absolute Gasteiger partial charge is 0.354 e. The highest BCUT2D eigenvalue weighted by Gasteiger charge is 2.25. The number of amides is 1. The van der Waals surface area contributed by atoms with E-state index in [4.69, 9.17) is 10.2 Å². The van der Waals surface area contributed by atoms with Crippen molar-refractivity contribution < 1.29 is 19.8 Å². The number of aromatic carboxylic acids is 1. The molecular formula is C12H15N3O4. The summed E-state index contributed by atoms with van der Waals surface area (Å²) in [5, 5.41) is 23.2. The lowest BCUT2D eigenvalue weighted by atomic mass is 10.00. The van der Waals surface area contributed by atoms with Gasteiger partial charge < -0.3 is 20.8 Å². The van der Waals surface area contributed by atoms with E-state index >= 15 is 0 Å². The predicted octanol–water partition coefficient (Wildman–Crippen LogP) is -1.10. The molecule has 2 rings (SSSR count). The summed E-state index contributed by atoms with van der Waals surface area (Å²) in [6, 6.07) is 2.71. The topological polar surface area (TPSA) is 112 Å². The first-order valence-corrected chi connectivity index (χ1v) is 5.96. The van der Waals surface area contributed by atoms with Crippen LogP contribution in [0.1, 0.15) is 21.7 Å². The second-order valence-corrected chi connectivity index (χ2v) is 4.26. The molecule has 1 unspecified atom stereocenters. The first-order valence-electron chi connectivity index (χ1n) is 5.96. The first-order chi connectivity index (χ1) is 9.11. The fourth-order valence-corrected chi connectivity index (χ4v) is 1.97. The summed E-state index contributed by atoms with van der Waals surface area (Å²) < 4.78 is 0. The molecule has 1 atom stereocenters. The molecule has 4 N–H and O–H groups in total. The molecule has 1 aromatic rings. The molecule has 0 spiro atoms. The summed E-state index contributed by atoms with van der Waals surface area (Å²) in [5.41, 5.74) is 1.51. The molecule has 1 aliphatic rings. The van der Waals surface area contributed by atoms with Crippen LogP contribution in [0.15, 0.2) is 12.1 Å². The Morgan fingerprint density at radius 2 is 2.26 bits per heavy atom. The van der Waals surface area contributed by atoms with Crippen LogP contribution >= 0.6 is 0 Å². The number of rotatable bonds is 4. The molecule has 102 valence electrons. The van der Waals surface area contributed by atoms with E-state index in [1.54, 1.807) is 6.07 Å². The Morgan fingerprint density at radius 1 is 1.47 bits per heavy atom. The minimum absolute atomic E-state index is 0.0184. The largest absolute Gasteiger partial charge is 0.477 e. The lowest BCUT2D eigenvalue weighted by Gasteiger charge is -2.24. The quantitative estimate of drug-likeness (QED) is 0.550. The second kappa shape index (κ2) is 5.77. The maximum absolute atomic E-state index is 11.8. The van der Waals surface area contributed by atoms with Gasteiger partial charge in [-0.2, -0.15) is 0 Å². The minimum atomic E-state index is -1.08. The molecule has 7 nitrogen and oxygen atoms in total. The van der Waals surface area contributed by atoms with Crippen molar-refractivity contribution in [3.05, 3.63) is 29.1 Å². The third-order valence-corrected chi connectivity index (χ3v) is 2.95. The van der Waals surface area contributed by atoms with Gasteiger partial charge in [-0.25, -0.2) is 9.78 Å². The Hall–Kier alpha value is -1.99.